The third-order valence-electron chi connectivity index (χ3n) is 22.6. The van der Waals surface area contributed by atoms with Crippen LogP contribution < -0.4 is 0 Å². The molecule has 0 spiro atoms. The lowest BCUT2D eigenvalue weighted by atomic mass is 9.84. The van der Waals surface area contributed by atoms with Gasteiger partial charge in [-0.25, -0.2) is 4.57 Å². The molecule has 3 rings (SSSR count). The van der Waals surface area contributed by atoms with Gasteiger partial charge in [-0.15, -0.1) is 0 Å². The van der Waals surface area contributed by atoms with Gasteiger partial charge in [-0.2, -0.15) is 0 Å². The van der Waals surface area contributed by atoms with Crippen molar-refractivity contribution in [2.24, 2.45) is 0 Å². The minimum atomic E-state index is -5.80. The van der Waals surface area contributed by atoms with Gasteiger partial charge in [0.1, 0.15) is 92.6 Å². The first-order valence-electron chi connectivity index (χ1n) is 45.8. The minimum absolute atomic E-state index is 0.0197. The number of hydrogen-bond acceptors (Lipinski definition) is 24. The Morgan fingerprint density at radius 3 is 0.965 bits per heavy atom. The summed E-state index contributed by atoms with van der Waals surface area (Å²) in [5.74, 6) is -2.94. The van der Waals surface area contributed by atoms with Crippen LogP contribution in [0, 0.1) is 0 Å². The van der Waals surface area contributed by atoms with E-state index in [1.165, 1.54) is 186 Å². The largest absolute Gasteiger partial charge is 0.472 e. The maximum atomic E-state index is 14.9. The number of hydrogen-bond donors (Lipinski definition) is 10. The van der Waals surface area contributed by atoms with E-state index in [1.807, 2.05) is 0 Å². The average molecular weight is 1640 g/mol. The molecule has 0 radical (unpaired) electrons. The maximum Gasteiger partial charge on any atom is 0.472 e. The van der Waals surface area contributed by atoms with Crippen molar-refractivity contribution in [3.63, 3.8) is 0 Å². The van der Waals surface area contributed by atoms with Crippen LogP contribution in [0.15, 0.2) is 0 Å². The van der Waals surface area contributed by atoms with Crippen molar-refractivity contribution in [2.75, 3.05) is 26.4 Å². The fourth-order valence-corrected chi connectivity index (χ4v) is 16.3. The van der Waals surface area contributed by atoms with Gasteiger partial charge in [0.05, 0.1) is 13.2 Å². The molecule has 18 atom stereocenters. The molecule has 2 saturated heterocycles. The predicted octanol–water partition coefficient (Wildman–Crippen LogP) is 16.2. The molecule has 3 aliphatic rings. The number of aliphatic hydroxyl groups is 9. The van der Waals surface area contributed by atoms with Crippen molar-refractivity contribution in [3.8, 4) is 0 Å². The lowest BCUT2D eigenvalue weighted by molar-refractivity contribution is -0.360. The van der Waals surface area contributed by atoms with E-state index in [0.29, 0.717) is 32.1 Å². The van der Waals surface area contributed by atoms with Crippen molar-refractivity contribution in [3.05, 3.63) is 0 Å². The standard InChI is InChI=1S/C87H163O25P/c1-5-9-13-17-21-25-29-33-34-38-42-45-49-53-57-61-72(91)106-67(64-103-70(89)59-55-51-47-43-39-35-30-26-22-18-14-10-6-2)65-105-113(101,102)112-85-83(110-86-80(99)76(95)74(93)68(63-88)107-86)79(98)78(97)82(109-73(92)62-58-54-50-46-41-37-32-28-24-20-16-12-8-4)84(85)111-87-81(100)77(96)75(94)69(108-87)66-104-71(90)60-56-52-48-44-40-36-31-27-23-19-15-11-7-3/h67-69,74-88,93-100H,5-66H2,1-4H3,(H,101,102). The molecule has 25 nitrogen and oxygen atoms in total. The van der Waals surface area contributed by atoms with Crippen LogP contribution >= 0.6 is 7.82 Å². The van der Waals surface area contributed by atoms with Crippen molar-refractivity contribution in [1.29, 1.82) is 0 Å². The number of unbranched alkanes of at least 4 members (excludes halogenated alkanes) is 50. The van der Waals surface area contributed by atoms with Crippen molar-refractivity contribution >= 4 is 31.7 Å². The molecule has 0 aromatic heterocycles. The van der Waals surface area contributed by atoms with Gasteiger partial charge in [0.2, 0.25) is 0 Å². The molecule has 2 aliphatic heterocycles. The van der Waals surface area contributed by atoms with Gasteiger partial charge in [-0.3, -0.25) is 28.2 Å². The smallest absolute Gasteiger partial charge is 0.463 e. The van der Waals surface area contributed by atoms with Crippen LogP contribution in [0.3, 0.4) is 0 Å². The summed E-state index contributed by atoms with van der Waals surface area (Å²) in [6.45, 7) is 5.60. The molecule has 0 bridgehead atoms. The number of rotatable bonds is 74. The monoisotopic (exact) mass is 1640 g/mol. The molecular formula is C87H163O25P. The van der Waals surface area contributed by atoms with E-state index in [4.69, 9.17) is 46.9 Å². The van der Waals surface area contributed by atoms with Crippen LogP contribution in [-0.4, -0.2) is 205 Å². The number of ether oxygens (including phenoxy) is 8. The van der Waals surface area contributed by atoms with Crippen LogP contribution in [0.2, 0.25) is 0 Å². The Morgan fingerprint density at radius 2 is 0.611 bits per heavy atom. The molecule has 18 unspecified atom stereocenters. The van der Waals surface area contributed by atoms with Gasteiger partial charge >= 0.3 is 31.7 Å². The lowest BCUT2D eigenvalue weighted by Crippen LogP contribution is -2.70. The number of phosphoric acid groups is 1. The number of carbonyl (C=O) groups is 4. The van der Waals surface area contributed by atoms with Crippen molar-refractivity contribution in [1.82, 2.24) is 0 Å². The van der Waals surface area contributed by atoms with Crippen LogP contribution in [0.4, 0.5) is 0 Å². The Hall–Kier alpha value is -2.53. The van der Waals surface area contributed by atoms with Crippen molar-refractivity contribution < 1.29 is 122 Å². The van der Waals surface area contributed by atoms with Gasteiger partial charge in [0.25, 0.3) is 0 Å². The quantitative estimate of drug-likeness (QED) is 0.0117. The normalized spacial score (nSPS) is 25.4. The SMILES string of the molecule is CCCCCCCCCCCCCCCCCC(=O)OC(COC(=O)CCCCCCCCCCCCCCC)COP(=O)(O)OC1C(OC2OC(CO)C(O)C(O)C2O)C(O)C(O)C(OC(=O)CCCCCCCCCCCCCCC)C1OC1OC(COC(=O)CCCCCCCCCCCCCCC)C(O)C(O)C1O. The average Bonchev–Trinajstić information content (AvgIpc) is 0.754. The molecule has 1 aliphatic carbocycles. The third-order valence-corrected chi connectivity index (χ3v) is 23.6. The zero-order valence-electron chi connectivity index (χ0n) is 70.7. The van der Waals surface area contributed by atoms with Gasteiger partial charge in [-0.05, 0) is 25.7 Å². The molecule has 2 heterocycles. The number of phosphoric ester groups is 1. The summed E-state index contributed by atoms with van der Waals surface area (Å²) in [5.41, 5.74) is 0. The molecule has 3 fully saturated rings. The van der Waals surface area contributed by atoms with E-state index >= 15 is 0 Å². The first-order chi connectivity index (χ1) is 54.7. The van der Waals surface area contributed by atoms with Crippen LogP contribution in [0.1, 0.15) is 400 Å². The summed E-state index contributed by atoms with van der Waals surface area (Å²) < 4.78 is 73.3. The van der Waals surface area contributed by atoms with E-state index < -0.39 is 162 Å². The molecule has 113 heavy (non-hydrogen) atoms. The minimum Gasteiger partial charge on any atom is -0.463 e. The molecule has 0 amide bonds. The highest BCUT2D eigenvalue weighted by Crippen LogP contribution is 2.49. The van der Waals surface area contributed by atoms with E-state index in [0.717, 1.165) is 128 Å². The first kappa shape index (κ1) is 105. The van der Waals surface area contributed by atoms with E-state index in [-0.39, 0.29) is 25.7 Å². The Bertz CT molecular complexity index is 2360. The molecule has 10 N–H and O–H groups in total. The summed E-state index contributed by atoms with van der Waals surface area (Å²) >= 11 is 0. The maximum absolute atomic E-state index is 14.9. The second-order valence-corrected chi connectivity index (χ2v) is 34.2. The molecule has 0 aromatic rings. The molecule has 1 saturated carbocycles. The third kappa shape index (κ3) is 47.9. The highest BCUT2D eigenvalue weighted by atomic mass is 31.2. The molecule has 0 aromatic carbocycles. The van der Waals surface area contributed by atoms with Crippen LogP contribution in [0.5, 0.6) is 0 Å². The second-order valence-electron chi connectivity index (χ2n) is 32.8. The lowest BCUT2D eigenvalue weighted by Gasteiger charge is -2.50. The molecule has 666 valence electrons. The second kappa shape index (κ2) is 67.2. The van der Waals surface area contributed by atoms with Crippen LogP contribution in [-0.2, 0) is 70.7 Å². The Labute approximate surface area is 680 Å². The zero-order chi connectivity index (χ0) is 82.5. The summed E-state index contributed by atoms with van der Waals surface area (Å²) in [6, 6.07) is 0. The first-order valence-corrected chi connectivity index (χ1v) is 47.3. The van der Waals surface area contributed by atoms with E-state index in [9.17, 15) is 74.6 Å². The fourth-order valence-electron chi connectivity index (χ4n) is 15.3. The predicted molar refractivity (Wildman–Crippen MR) is 435 cm³/mol. The molecule has 26 heteroatoms. The number of carbonyl (C=O) groups excluding carboxylic acids is 4. The van der Waals surface area contributed by atoms with E-state index in [2.05, 4.69) is 27.7 Å². The van der Waals surface area contributed by atoms with Gasteiger partial charge < -0.3 is 88.7 Å². The number of esters is 4. The van der Waals surface area contributed by atoms with Crippen molar-refractivity contribution in [2.45, 2.75) is 504 Å². The fraction of sp³-hybridized carbons (Fsp3) is 0.954. The highest BCUT2D eigenvalue weighted by molar-refractivity contribution is 7.47. The molecular weight excluding hydrogens is 1480 g/mol. The summed E-state index contributed by atoms with van der Waals surface area (Å²) in [5, 5.41) is 102. The van der Waals surface area contributed by atoms with Crippen LogP contribution in [0.25, 0.3) is 0 Å². The Morgan fingerprint density at radius 1 is 0.319 bits per heavy atom. The Balaban J connectivity index is 1.92. The summed E-state index contributed by atoms with van der Waals surface area (Å²) in [7, 11) is -5.80. The van der Waals surface area contributed by atoms with Gasteiger partial charge in [0.15, 0.2) is 24.8 Å². The summed E-state index contributed by atoms with van der Waals surface area (Å²) in [6.07, 6.45) is 22.6. The van der Waals surface area contributed by atoms with Gasteiger partial charge in [0, 0.05) is 25.7 Å². The zero-order valence-corrected chi connectivity index (χ0v) is 71.6. The Kier molecular flexibility index (Phi) is 62.2. The van der Waals surface area contributed by atoms with Gasteiger partial charge in [-0.1, -0.05) is 349 Å². The number of aliphatic hydroxyl groups excluding tert-OH is 9. The topological polar surface area (TPSA) is 380 Å². The summed E-state index contributed by atoms with van der Waals surface area (Å²) in [4.78, 5) is 66.3. The highest BCUT2D eigenvalue weighted by Gasteiger charge is 2.60. The van der Waals surface area contributed by atoms with E-state index in [1.54, 1.807) is 0 Å².